The molecule has 42 heavy (non-hydrogen) atoms. The third kappa shape index (κ3) is 5.68. The average molecular weight is 589 g/mol. The molecular weight excluding hydrogens is 554 g/mol. The number of anilines is 1. The van der Waals surface area contributed by atoms with Gasteiger partial charge in [-0.3, -0.25) is 4.79 Å². The summed E-state index contributed by atoms with van der Waals surface area (Å²) in [5.74, 6) is -0.0671. The van der Waals surface area contributed by atoms with Crippen LogP contribution in [0.5, 0.6) is 0 Å². The van der Waals surface area contributed by atoms with Crippen LogP contribution >= 0.6 is 0 Å². The van der Waals surface area contributed by atoms with Gasteiger partial charge in [0.05, 0.1) is 11.4 Å². The number of nitrogens with one attached hydrogen (secondary N) is 1. The highest BCUT2D eigenvalue weighted by molar-refractivity contribution is 7.83. The Bertz CT molecular complexity index is 1630. The van der Waals surface area contributed by atoms with Crippen molar-refractivity contribution in [2.45, 2.75) is 61.9 Å². The molecule has 1 fully saturated rings. The maximum absolute atomic E-state index is 14.1. The van der Waals surface area contributed by atoms with E-state index in [9.17, 15) is 17.8 Å². The van der Waals surface area contributed by atoms with Gasteiger partial charge in [-0.1, -0.05) is 32.0 Å². The van der Waals surface area contributed by atoms with E-state index < -0.39 is 11.0 Å². The number of fused-ring (bicyclic) bond motifs is 1. The molecule has 0 bridgehead atoms. The number of amides is 1. The summed E-state index contributed by atoms with van der Waals surface area (Å²) < 4.78 is 45.4. The topological polar surface area (TPSA) is 67.2 Å². The molecule has 6 nitrogen and oxygen atoms in total. The van der Waals surface area contributed by atoms with Crippen molar-refractivity contribution in [2.24, 2.45) is 13.0 Å². The number of halogens is 2. The van der Waals surface area contributed by atoms with Crippen molar-refractivity contribution in [3.8, 4) is 0 Å². The van der Waals surface area contributed by atoms with Gasteiger partial charge < -0.3 is 9.47 Å². The van der Waals surface area contributed by atoms with Gasteiger partial charge in [0.2, 0.25) is 5.91 Å². The van der Waals surface area contributed by atoms with Crippen LogP contribution < -0.4 is 9.62 Å². The van der Waals surface area contributed by atoms with Gasteiger partial charge in [-0.05, 0) is 95.8 Å². The van der Waals surface area contributed by atoms with Gasteiger partial charge in [0.25, 0.3) is 0 Å². The lowest BCUT2D eigenvalue weighted by molar-refractivity contribution is -0.120. The molecule has 1 heterocycles. The highest BCUT2D eigenvalue weighted by Crippen LogP contribution is 2.50. The quantitative estimate of drug-likeness (QED) is 0.257. The molecule has 2 aliphatic rings. The van der Waals surface area contributed by atoms with Crippen LogP contribution in [0.4, 0.5) is 14.5 Å². The summed E-state index contributed by atoms with van der Waals surface area (Å²) >= 11 is 0. The Hall–Kier alpha value is -3.69. The molecule has 1 amide bonds. The minimum atomic E-state index is -1.54. The standard InChI is InChI=1S/C33H34F2N4O2S/c1-33(2)15-14-30(37-42(41)25-11-8-23(35)9-12-25)28-18-24(10-13-29(28)33)39(20-31-36-16-17-38(31)3)32(40)27-19-26(27)21-4-6-22(34)7-5-21/h4-13,16-18,26-27,30,37H,14-15,19-20H2,1-3H3. The molecule has 2 aliphatic carbocycles. The molecule has 0 saturated heterocycles. The van der Waals surface area contributed by atoms with Gasteiger partial charge in [0.15, 0.2) is 0 Å². The predicted molar refractivity (Wildman–Crippen MR) is 159 cm³/mol. The minimum Gasteiger partial charge on any atom is -0.337 e. The number of benzene rings is 3. The maximum Gasteiger partial charge on any atom is 0.231 e. The van der Waals surface area contributed by atoms with E-state index in [1.165, 1.54) is 36.4 Å². The van der Waals surface area contributed by atoms with Gasteiger partial charge >= 0.3 is 0 Å². The second kappa shape index (κ2) is 11.2. The lowest BCUT2D eigenvalue weighted by Gasteiger charge is -2.38. The highest BCUT2D eigenvalue weighted by atomic mass is 32.2. The fourth-order valence-electron chi connectivity index (χ4n) is 6.03. The first-order chi connectivity index (χ1) is 20.1. The van der Waals surface area contributed by atoms with Crippen molar-refractivity contribution < 1.29 is 17.8 Å². The Balaban J connectivity index is 1.33. The van der Waals surface area contributed by atoms with Crippen LogP contribution in [0.1, 0.15) is 67.6 Å². The van der Waals surface area contributed by atoms with Crippen molar-refractivity contribution in [1.29, 1.82) is 0 Å². The normalized spacial score (nSPS) is 21.4. The first-order valence-corrected chi connectivity index (χ1v) is 15.4. The zero-order valence-electron chi connectivity index (χ0n) is 23.9. The molecule has 6 rings (SSSR count). The Morgan fingerprint density at radius 3 is 2.43 bits per heavy atom. The van der Waals surface area contributed by atoms with Crippen molar-refractivity contribution in [1.82, 2.24) is 14.3 Å². The summed E-state index contributed by atoms with van der Waals surface area (Å²) in [5, 5.41) is 0. The summed E-state index contributed by atoms with van der Waals surface area (Å²) in [5.41, 5.74) is 3.77. The Kier molecular flexibility index (Phi) is 7.57. The van der Waals surface area contributed by atoms with Gasteiger partial charge in [-0.15, -0.1) is 0 Å². The summed E-state index contributed by atoms with van der Waals surface area (Å²) in [6.07, 6.45) is 5.95. The van der Waals surface area contributed by atoms with E-state index in [2.05, 4.69) is 29.6 Å². The lowest BCUT2D eigenvalue weighted by atomic mass is 9.71. The molecule has 0 radical (unpaired) electrons. The number of rotatable bonds is 8. The van der Waals surface area contributed by atoms with Gasteiger partial charge in [-0.25, -0.2) is 22.7 Å². The van der Waals surface area contributed by atoms with E-state index in [0.29, 0.717) is 17.9 Å². The van der Waals surface area contributed by atoms with Crippen LogP contribution in [0.25, 0.3) is 0 Å². The van der Waals surface area contributed by atoms with Gasteiger partial charge in [0, 0.05) is 37.1 Å². The summed E-state index contributed by atoms with van der Waals surface area (Å²) in [7, 11) is 0.367. The molecule has 1 saturated carbocycles. The molecule has 4 atom stereocenters. The molecular formula is C33H34F2N4O2S. The highest BCUT2D eigenvalue weighted by Gasteiger charge is 2.46. The first-order valence-electron chi connectivity index (χ1n) is 14.2. The second-order valence-electron chi connectivity index (χ2n) is 12.0. The third-order valence-corrected chi connectivity index (χ3v) is 9.88. The largest absolute Gasteiger partial charge is 0.337 e. The number of nitrogens with zero attached hydrogens (tertiary/aromatic N) is 3. The first kappa shape index (κ1) is 28.4. The Labute approximate surface area is 247 Å². The summed E-state index contributed by atoms with van der Waals surface area (Å²) in [6.45, 7) is 4.71. The van der Waals surface area contributed by atoms with Crippen LogP contribution in [0.15, 0.2) is 84.0 Å². The Morgan fingerprint density at radius 2 is 1.76 bits per heavy atom. The number of hydrogen-bond acceptors (Lipinski definition) is 3. The number of aryl methyl sites for hydroxylation is 1. The van der Waals surface area contributed by atoms with Crippen molar-refractivity contribution in [2.75, 3.05) is 4.90 Å². The second-order valence-corrected chi connectivity index (χ2v) is 13.2. The summed E-state index contributed by atoms with van der Waals surface area (Å²) in [4.78, 5) is 20.9. The SMILES string of the molecule is Cn1ccnc1CN(C(=O)C1CC1c1ccc(F)cc1)c1ccc2c(c1)C(NS(=O)c1ccc(F)cc1)CCC2(C)C. The fraction of sp³-hybridized carbons (Fsp3) is 0.333. The number of aromatic nitrogens is 2. The third-order valence-electron chi connectivity index (χ3n) is 8.68. The van der Waals surface area contributed by atoms with Crippen molar-refractivity contribution in [3.63, 3.8) is 0 Å². The number of carbonyl (C=O) groups is 1. The van der Waals surface area contributed by atoms with E-state index >= 15 is 0 Å². The van der Waals surface area contributed by atoms with E-state index in [1.807, 2.05) is 29.9 Å². The maximum atomic E-state index is 14.1. The Morgan fingerprint density at radius 1 is 1.07 bits per heavy atom. The molecule has 218 valence electrons. The fourth-order valence-corrected chi connectivity index (χ4v) is 7.05. The number of hydrogen-bond donors (Lipinski definition) is 1. The van der Waals surface area contributed by atoms with Crippen LogP contribution in [0.3, 0.4) is 0 Å². The number of carbonyl (C=O) groups excluding carboxylic acids is 1. The zero-order chi connectivity index (χ0) is 29.6. The van der Waals surface area contributed by atoms with Crippen LogP contribution in [0, 0.1) is 17.6 Å². The van der Waals surface area contributed by atoms with Crippen molar-refractivity contribution >= 4 is 22.6 Å². The lowest BCUT2D eigenvalue weighted by Crippen LogP contribution is -2.36. The van der Waals surface area contributed by atoms with Crippen LogP contribution in [-0.2, 0) is 34.8 Å². The minimum absolute atomic E-state index is 0.00161. The molecule has 3 aromatic carbocycles. The average Bonchev–Trinajstić information content (AvgIpc) is 3.67. The smallest absolute Gasteiger partial charge is 0.231 e. The molecule has 1 aromatic heterocycles. The molecule has 4 unspecified atom stereocenters. The molecule has 0 aliphatic heterocycles. The van der Waals surface area contributed by atoms with Crippen molar-refractivity contribution in [3.05, 3.63) is 113 Å². The van der Waals surface area contributed by atoms with E-state index in [1.54, 1.807) is 23.2 Å². The molecule has 9 heteroatoms. The van der Waals surface area contributed by atoms with E-state index in [-0.39, 0.29) is 40.8 Å². The summed E-state index contributed by atoms with van der Waals surface area (Å²) in [6, 6.07) is 18.0. The molecule has 0 spiro atoms. The van der Waals surface area contributed by atoms with Crippen LogP contribution in [-0.4, -0.2) is 19.7 Å². The van der Waals surface area contributed by atoms with Crippen LogP contribution in [0.2, 0.25) is 0 Å². The monoisotopic (exact) mass is 588 g/mol. The molecule has 4 aromatic rings. The zero-order valence-corrected chi connectivity index (χ0v) is 24.7. The van der Waals surface area contributed by atoms with E-state index in [4.69, 9.17) is 0 Å². The van der Waals surface area contributed by atoms with Gasteiger partial charge in [-0.2, -0.15) is 0 Å². The molecule has 1 N–H and O–H groups in total. The number of imidazole rings is 1. The van der Waals surface area contributed by atoms with Gasteiger partial charge in [0.1, 0.15) is 28.4 Å². The predicted octanol–water partition coefficient (Wildman–Crippen LogP) is 6.46. The van der Waals surface area contributed by atoms with E-state index in [0.717, 1.165) is 41.0 Å².